The van der Waals surface area contributed by atoms with Crippen LogP contribution in [0.2, 0.25) is 10.0 Å². The fourth-order valence-corrected chi connectivity index (χ4v) is 2.78. The van der Waals surface area contributed by atoms with E-state index in [4.69, 9.17) is 27.9 Å². The molecule has 0 saturated carbocycles. The molecule has 0 unspecified atom stereocenters. The molecule has 0 saturated heterocycles. The van der Waals surface area contributed by atoms with Gasteiger partial charge in [-0.15, -0.1) is 0 Å². The summed E-state index contributed by atoms with van der Waals surface area (Å²) in [5, 5.41) is 2.50. The van der Waals surface area contributed by atoms with E-state index in [9.17, 15) is 22.8 Å². The van der Waals surface area contributed by atoms with Crippen molar-refractivity contribution in [2.45, 2.75) is 26.3 Å². The van der Waals surface area contributed by atoms with E-state index in [1.807, 2.05) is 0 Å². The zero-order valence-corrected chi connectivity index (χ0v) is 17.1. The number of halogens is 5. The predicted octanol–water partition coefficient (Wildman–Crippen LogP) is 4.08. The van der Waals surface area contributed by atoms with E-state index in [1.165, 1.54) is 18.3 Å². The van der Waals surface area contributed by atoms with Crippen molar-refractivity contribution < 1.29 is 27.5 Å². The van der Waals surface area contributed by atoms with Crippen molar-refractivity contribution in [1.29, 1.82) is 0 Å². The third kappa shape index (κ3) is 6.67. The lowest BCUT2D eigenvalue weighted by atomic mass is 10.1. The van der Waals surface area contributed by atoms with E-state index in [0.717, 1.165) is 6.07 Å². The highest BCUT2D eigenvalue weighted by atomic mass is 35.5. The number of hydrogen-bond donors (Lipinski definition) is 3. The first-order chi connectivity index (χ1) is 14.2. The van der Waals surface area contributed by atoms with Gasteiger partial charge < -0.3 is 10.1 Å². The molecule has 0 radical (unpaired) electrons. The molecule has 0 spiro atoms. The normalized spacial score (nSPS) is 10.6. The minimum Gasteiger partial charge on any atom is -0.485 e. The number of benzene rings is 1. The van der Waals surface area contributed by atoms with E-state index in [0.29, 0.717) is 0 Å². The molecular weight excluding hydrogens is 448 g/mol. The topological polar surface area (TPSA) is 92.4 Å². The third-order valence-electron chi connectivity index (χ3n) is 3.64. The van der Waals surface area contributed by atoms with Gasteiger partial charge in [-0.05, 0) is 18.2 Å². The zero-order valence-electron chi connectivity index (χ0n) is 15.6. The number of carbonyl (C=O) groups is 2. The molecule has 0 aliphatic rings. The second-order valence-electron chi connectivity index (χ2n) is 5.83. The number of alkyl halides is 2. The van der Waals surface area contributed by atoms with Crippen LogP contribution in [0.1, 0.15) is 19.0 Å². The summed E-state index contributed by atoms with van der Waals surface area (Å²) >= 11 is 12.0. The standard InChI is InChI=1S/C18H17Cl2F3N4O3/c1-2-16(28)26-27-18(29)25-7-14-13(21)3-9(6-24-14)11-4-10(19)5-12(20)17(11)30-8-15(22)23/h3-6,15H,2,7-8H2,1H3,(H,26,28)(H2,25,27,29). The van der Waals surface area contributed by atoms with Gasteiger partial charge in [0.2, 0.25) is 5.91 Å². The molecule has 3 amide bonds. The Kier molecular flexibility index (Phi) is 8.55. The number of aromatic nitrogens is 1. The molecular formula is C18H17Cl2F3N4O3. The summed E-state index contributed by atoms with van der Waals surface area (Å²) in [6.07, 6.45) is -1.30. The summed E-state index contributed by atoms with van der Waals surface area (Å²) < 4.78 is 44.6. The number of pyridine rings is 1. The number of nitrogens with zero attached hydrogens (tertiary/aromatic N) is 1. The summed E-state index contributed by atoms with van der Waals surface area (Å²) in [7, 11) is 0. The van der Waals surface area contributed by atoms with Gasteiger partial charge in [-0.1, -0.05) is 30.1 Å². The Labute approximate surface area is 179 Å². The lowest BCUT2D eigenvalue weighted by molar-refractivity contribution is -0.121. The molecule has 12 heteroatoms. The molecule has 0 aliphatic carbocycles. The van der Waals surface area contributed by atoms with Crippen LogP contribution in [0.15, 0.2) is 24.4 Å². The molecule has 0 fully saturated rings. The first kappa shape index (κ1) is 23.6. The lowest BCUT2D eigenvalue weighted by Crippen LogP contribution is -2.46. The third-order valence-corrected chi connectivity index (χ3v) is 4.14. The fourth-order valence-electron chi connectivity index (χ4n) is 2.23. The summed E-state index contributed by atoms with van der Waals surface area (Å²) in [5.41, 5.74) is 4.51. The minimum atomic E-state index is -2.74. The molecule has 2 aromatic rings. The Bertz CT molecular complexity index is 932. The number of urea groups is 1. The van der Waals surface area contributed by atoms with Gasteiger partial charge in [-0.25, -0.2) is 23.4 Å². The predicted molar refractivity (Wildman–Crippen MR) is 105 cm³/mol. The molecule has 1 aromatic heterocycles. The Morgan fingerprint density at radius 2 is 1.93 bits per heavy atom. The summed E-state index contributed by atoms with van der Waals surface area (Å²) in [4.78, 5) is 26.6. The molecule has 162 valence electrons. The van der Waals surface area contributed by atoms with Crippen LogP contribution in [0.5, 0.6) is 5.75 Å². The lowest BCUT2D eigenvalue weighted by Gasteiger charge is -2.14. The van der Waals surface area contributed by atoms with Crippen molar-refractivity contribution in [2.75, 3.05) is 6.61 Å². The maximum atomic E-state index is 14.5. The van der Waals surface area contributed by atoms with Gasteiger partial charge in [0.05, 0.1) is 17.3 Å². The number of ether oxygens (including phenoxy) is 1. The Morgan fingerprint density at radius 3 is 2.57 bits per heavy atom. The monoisotopic (exact) mass is 464 g/mol. The van der Waals surface area contributed by atoms with Crippen molar-refractivity contribution in [1.82, 2.24) is 21.2 Å². The number of nitrogens with one attached hydrogen (secondary N) is 3. The molecule has 30 heavy (non-hydrogen) atoms. The molecule has 3 N–H and O–H groups in total. The van der Waals surface area contributed by atoms with Gasteiger partial charge in [0.15, 0.2) is 0 Å². The summed E-state index contributed by atoms with van der Waals surface area (Å²) in [6, 6.07) is 3.02. The molecule has 0 aliphatic heterocycles. The van der Waals surface area contributed by atoms with Gasteiger partial charge in [0.25, 0.3) is 6.43 Å². The van der Waals surface area contributed by atoms with Crippen LogP contribution in [0, 0.1) is 5.82 Å². The van der Waals surface area contributed by atoms with Crippen molar-refractivity contribution in [2.24, 2.45) is 0 Å². The van der Waals surface area contributed by atoms with Gasteiger partial charge in [-0.3, -0.25) is 15.2 Å². The molecule has 1 heterocycles. The van der Waals surface area contributed by atoms with E-state index in [-0.39, 0.29) is 45.6 Å². The quantitative estimate of drug-likeness (QED) is 0.538. The van der Waals surface area contributed by atoms with Gasteiger partial charge >= 0.3 is 6.03 Å². The average molecular weight is 465 g/mol. The van der Waals surface area contributed by atoms with E-state index < -0.39 is 30.8 Å². The summed E-state index contributed by atoms with van der Waals surface area (Å²) in [5.74, 6) is -1.26. The molecule has 0 bridgehead atoms. The van der Waals surface area contributed by atoms with Crippen LogP contribution in [-0.4, -0.2) is 30.0 Å². The molecule has 2 rings (SSSR count). The molecule has 1 aromatic carbocycles. The van der Waals surface area contributed by atoms with Crippen LogP contribution in [0.3, 0.4) is 0 Å². The largest absolute Gasteiger partial charge is 0.485 e. The molecule has 7 nitrogen and oxygen atoms in total. The van der Waals surface area contributed by atoms with Gasteiger partial charge in [-0.2, -0.15) is 0 Å². The van der Waals surface area contributed by atoms with Crippen LogP contribution < -0.4 is 20.9 Å². The van der Waals surface area contributed by atoms with E-state index >= 15 is 0 Å². The van der Waals surface area contributed by atoms with Crippen molar-refractivity contribution in [3.05, 3.63) is 46.0 Å². The first-order valence-electron chi connectivity index (χ1n) is 8.58. The first-order valence-corrected chi connectivity index (χ1v) is 9.34. The van der Waals surface area contributed by atoms with Crippen molar-refractivity contribution >= 4 is 35.1 Å². The Morgan fingerprint density at radius 1 is 1.20 bits per heavy atom. The Balaban J connectivity index is 2.17. The average Bonchev–Trinajstić information content (AvgIpc) is 2.69. The smallest absolute Gasteiger partial charge is 0.333 e. The zero-order chi connectivity index (χ0) is 22.3. The van der Waals surface area contributed by atoms with Crippen LogP contribution in [0.25, 0.3) is 11.1 Å². The second-order valence-corrected chi connectivity index (χ2v) is 6.67. The van der Waals surface area contributed by atoms with Crippen LogP contribution in [-0.2, 0) is 11.3 Å². The van der Waals surface area contributed by atoms with Gasteiger partial charge in [0.1, 0.15) is 18.2 Å². The second kappa shape index (κ2) is 10.9. The number of carbonyl (C=O) groups excluding carboxylic acids is 2. The van der Waals surface area contributed by atoms with Crippen molar-refractivity contribution in [3.63, 3.8) is 0 Å². The highest BCUT2D eigenvalue weighted by Gasteiger charge is 2.17. The fraction of sp³-hybridized carbons (Fsp3) is 0.278. The minimum absolute atomic E-state index is 0.0184. The number of rotatable bonds is 7. The van der Waals surface area contributed by atoms with Gasteiger partial charge in [0, 0.05) is 28.8 Å². The van der Waals surface area contributed by atoms with E-state index in [1.54, 1.807) is 6.92 Å². The SMILES string of the molecule is CCC(=O)NNC(=O)NCc1ncc(-c2cc(Cl)cc(Cl)c2OCC(F)F)cc1F. The number of hydrogen-bond acceptors (Lipinski definition) is 4. The maximum absolute atomic E-state index is 14.5. The van der Waals surface area contributed by atoms with Crippen LogP contribution in [0.4, 0.5) is 18.0 Å². The number of amides is 3. The molecule has 0 atom stereocenters. The Hall–Kier alpha value is -2.72. The highest BCUT2D eigenvalue weighted by molar-refractivity contribution is 6.36. The maximum Gasteiger partial charge on any atom is 0.333 e. The van der Waals surface area contributed by atoms with Crippen LogP contribution >= 0.6 is 23.2 Å². The van der Waals surface area contributed by atoms with Crippen molar-refractivity contribution in [3.8, 4) is 16.9 Å². The number of hydrazine groups is 1. The highest BCUT2D eigenvalue weighted by Crippen LogP contribution is 2.39. The van der Waals surface area contributed by atoms with E-state index in [2.05, 4.69) is 21.2 Å². The summed E-state index contributed by atoms with van der Waals surface area (Å²) in [6.45, 7) is 0.424.